The molecule has 1 atom stereocenters. The van der Waals surface area contributed by atoms with Crippen molar-refractivity contribution in [1.29, 1.82) is 0 Å². The fraction of sp³-hybridized carbons (Fsp3) is 0.310. The number of aryl methyl sites for hydroxylation is 1. The summed E-state index contributed by atoms with van der Waals surface area (Å²) in [7, 11) is 0. The quantitative estimate of drug-likeness (QED) is 0.328. The largest absolute Gasteiger partial charge is 0.484 e. The van der Waals surface area contributed by atoms with E-state index in [1.54, 1.807) is 17.0 Å². The molecule has 0 aromatic heterocycles. The van der Waals surface area contributed by atoms with Crippen molar-refractivity contribution in [1.82, 2.24) is 10.2 Å². The summed E-state index contributed by atoms with van der Waals surface area (Å²) in [6.07, 6.45) is 0.363. The second kappa shape index (κ2) is 13.3. The van der Waals surface area contributed by atoms with Crippen molar-refractivity contribution in [2.24, 2.45) is 5.92 Å². The smallest absolute Gasteiger partial charge is 0.261 e. The van der Waals surface area contributed by atoms with Crippen LogP contribution in [0.4, 0.5) is 0 Å². The zero-order valence-electron chi connectivity index (χ0n) is 20.8. The molecule has 0 radical (unpaired) electrons. The molecule has 2 amide bonds. The Morgan fingerprint density at radius 3 is 2.28 bits per heavy atom. The molecule has 0 bridgehead atoms. The van der Waals surface area contributed by atoms with Crippen LogP contribution in [0.1, 0.15) is 30.5 Å². The van der Waals surface area contributed by atoms with Gasteiger partial charge in [-0.2, -0.15) is 0 Å². The molecule has 3 aromatic rings. The highest BCUT2D eigenvalue weighted by Crippen LogP contribution is 2.24. The lowest BCUT2D eigenvalue weighted by atomic mass is 10.0. The van der Waals surface area contributed by atoms with E-state index in [1.165, 1.54) is 0 Å². The summed E-state index contributed by atoms with van der Waals surface area (Å²) in [5.41, 5.74) is 2.65. The van der Waals surface area contributed by atoms with E-state index in [0.29, 0.717) is 28.8 Å². The van der Waals surface area contributed by atoms with Gasteiger partial charge in [0, 0.05) is 19.5 Å². The van der Waals surface area contributed by atoms with Crippen LogP contribution in [-0.2, 0) is 22.6 Å². The van der Waals surface area contributed by atoms with Crippen molar-refractivity contribution in [3.05, 3.63) is 99.5 Å². The summed E-state index contributed by atoms with van der Waals surface area (Å²) in [5.74, 6) is 0.390. The Hall–Kier alpha value is -3.02. The zero-order chi connectivity index (χ0) is 26.1. The second-order valence-corrected chi connectivity index (χ2v) is 9.98. The van der Waals surface area contributed by atoms with E-state index in [-0.39, 0.29) is 30.9 Å². The number of rotatable bonds is 11. The number of ether oxygens (including phenoxy) is 1. The first kappa shape index (κ1) is 27.6. The molecule has 0 aliphatic rings. The van der Waals surface area contributed by atoms with Gasteiger partial charge in [-0.25, -0.2) is 0 Å². The van der Waals surface area contributed by atoms with Gasteiger partial charge in [0.1, 0.15) is 11.8 Å². The molecule has 0 spiro atoms. The van der Waals surface area contributed by atoms with E-state index in [0.717, 1.165) is 16.7 Å². The van der Waals surface area contributed by atoms with E-state index >= 15 is 0 Å². The van der Waals surface area contributed by atoms with Crippen LogP contribution in [0.25, 0.3) is 0 Å². The molecule has 5 nitrogen and oxygen atoms in total. The van der Waals surface area contributed by atoms with Gasteiger partial charge in [-0.3, -0.25) is 9.59 Å². The van der Waals surface area contributed by atoms with Crippen molar-refractivity contribution in [2.75, 3.05) is 13.2 Å². The van der Waals surface area contributed by atoms with Crippen molar-refractivity contribution >= 4 is 35.0 Å². The number of carbonyl (C=O) groups is 2. The van der Waals surface area contributed by atoms with Gasteiger partial charge in [-0.1, -0.05) is 91.6 Å². The number of carbonyl (C=O) groups excluding carboxylic acids is 2. The summed E-state index contributed by atoms with van der Waals surface area (Å²) < 4.78 is 5.87. The van der Waals surface area contributed by atoms with Crippen LogP contribution in [0.2, 0.25) is 10.0 Å². The molecule has 0 unspecified atom stereocenters. The molecule has 0 fully saturated rings. The molecule has 0 aliphatic heterocycles. The Balaban J connectivity index is 1.93. The monoisotopic (exact) mass is 526 g/mol. The van der Waals surface area contributed by atoms with Crippen LogP contribution < -0.4 is 10.1 Å². The van der Waals surface area contributed by atoms with Gasteiger partial charge >= 0.3 is 0 Å². The maximum absolute atomic E-state index is 13.6. The molecule has 3 aromatic carbocycles. The van der Waals surface area contributed by atoms with E-state index in [4.69, 9.17) is 27.9 Å². The fourth-order valence-electron chi connectivity index (χ4n) is 3.75. The molecule has 0 saturated heterocycles. The fourth-order valence-corrected chi connectivity index (χ4v) is 4.07. The van der Waals surface area contributed by atoms with Gasteiger partial charge in [0.2, 0.25) is 5.91 Å². The predicted octanol–water partition coefficient (Wildman–Crippen LogP) is 6.09. The van der Waals surface area contributed by atoms with E-state index in [9.17, 15) is 9.59 Å². The highest BCUT2D eigenvalue weighted by atomic mass is 35.5. The molecule has 7 heteroatoms. The predicted molar refractivity (Wildman–Crippen MR) is 145 cm³/mol. The Morgan fingerprint density at radius 1 is 0.917 bits per heavy atom. The van der Waals surface area contributed by atoms with Gasteiger partial charge in [0.05, 0.1) is 10.0 Å². The maximum atomic E-state index is 13.6. The molecular weight excluding hydrogens is 495 g/mol. The minimum absolute atomic E-state index is 0.180. The SMILES string of the molecule is Cc1ccccc1OCC(=O)N(Cc1ccc(Cl)c(Cl)c1)[C@H](Cc1ccccc1)C(=O)NCC(C)C. The number of hydrogen-bond acceptors (Lipinski definition) is 3. The third-order valence-electron chi connectivity index (χ3n) is 5.74. The highest BCUT2D eigenvalue weighted by Gasteiger charge is 2.31. The lowest BCUT2D eigenvalue weighted by molar-refractivity contribution is -0.142. The van der Waals surface area contributed by atoms with Crippen LogP contribution in [-0.4, -0.2) is 35.9 Å². The third-order valence-corrected chi connectivity index (χ3v) is 6.48. The van der Waals surface area contributed by atoms with Crippen molar-refractivity contribution in [2.45, 2.75) is 39.8 Å². The van der Waals surface area contributed by atoms with E-state index in [1.807, 2.05) is 81.4 Å². The lowest BCUT2D eigenvalue weighted by Gasteiger charge is -2.32. The third kappa shape index (κ3) is 8.00. The topological polar surface area (TPSA) is 58.6 Å². The first-order chi connectivity index (χ1) is 17.2. The van der Waals surface area contributed by atoms with Crippen molar-refractivity contribution < 1.29 is 14.3 Å². The van der Waals surface area contributed by atoms with Crippen molar-refractivity contribution in [3.63, 3.8) is 0 Å². The Morgan fingerprint density at radius 2 is 1.61 bits per heavy atom. The average Bonchev–Trinajstić information content (AvgIpc) is 2.86. The van der Waals surface area contributed by atoms with Gasteiger partial charge in [0.25, 0.3) is 5.91 Å². The normalized spacial score (nSPS) is 11.7. The zero-order valence-corrected chi connectivity index (χ0v) is 22.4. The van der Waals surface area contributed by atoms with Gasteiger partial charge in [-0.15, -0.1) is 0 Å². The molecule has 0 aliphatic carbocycles. The van der Waals surface area contributed by atoms with Crippen LogP contribution in [0, 0.1) is 12.8 Å². The van der Waals surface area contributed by atoms with Crippen LogP contribution in [0.3, 0.4) is 0 Å². The average molecular weight is 527 g/mol. The van der Waals surface area contributed by atoms with Crippen LogP contribution in [0.5, 0.6) is 5.75 Å². The maximum Gasteiger partial charge on any atom is 0.261 e. The van der Waals surface area contributed by atoms with Crippen LogP contribution >= 0.6 is 23.2 Å². The molecule has 0 saturated carbocycles. The minimum atomic E-state index is -0.742. The number of nitrogens with one attached hydrogen (secondary N) is 1. The molecule has 3 rings (SSSR count). The standard InChI is InChI=1S/C29H32Cl2N2O3/c1-20(2)17-32-29(35)26(16-22-10-5-4-6-11-22)33(18-23-13-14-24(30)25(31)15-23)28(34)19-36-27-12-8-7-9-21(27)3/h4-15,20,26H,16-19H2,1-3H3,(H,32,35)/t26-/m1/s1. The Labute approximate surface area is 223 Å². The second-order valence-electron chi connectivity index (χ2n) is 9.17. The summed E-state index contributed by atoms with van der Waals surface area (Å²) in [4.78, 5) is 28.6. The lowest BCUT2D eigenvalue weighted by Crippen LogP contribution is -2.52. The molecule has 0 heterocycles. The summed E-state index contributed by atoms with van der Waals surface area (Å²) in [6.45, 7) is 6.47. The summed E-state index contributed by atoms with van der Waals surface area (Å²) >= 11 is 12.4. The minimum Gasteiger partial charge on any atom is -0.484 e. The van der Waals surface area contributed by atoms with E-state index in [2.05, 4.69) is 5.32 Å². The number of hydrogen-bond donors (Lipinski definition) is 1. The first-order valence-electron chi connectivity index (χ1n) is 12.0. The first-order valence-corrected chi connectivity index (χ1v) is 12.7. The van der Waals surface area contributed by atoms with Gasteiger partial charge in [-0.05, 0) is 47.7 Å². The summed E-state index contributed by atoms with van der Waals surface area (Å²) in [6, 6.07) is 21.7. The molecule has 1 N–H and O–H groups in total. The number of amides is 2. The Kier molecular flexibility index (Phi) is 10.2. The highest BCUT2D eigenvalue weighted by molar-refractivity contribution is 6.42. The number of halogens is 2. The number of para-hydroxylation sites is 1. The van der Waals surface area contributed by atoms with Crippen molar-refractivity contribution in [3.8, 4) is 5.75 Å². The van der Waals surface area contributed by atoms with Gasteiger partial charge < -0.3 is 15.0 Å². The molecule has 190 valence electrons. The van der Waals surface area contributed by atoms with Gasteiger partial charge in [0.15, 0.2) is 6.61 Å². The van der Waals surface area contributed by atoms with Crippen LogP contribution in [0.15, 0.2) is 72.8 Å². The Bertz CT molecular complexity index is 1170. The summed E-state index contributed by atoms with van der Waals surface area (Å²) in [5, 5.41) is 3.82. The van der Waals surface area contributed by atoms with E-state index < -0.39 is 6.04 Å². The number of nitrogens with zero attached hydrogens (tertiary/aromatic N) is 1. The molecular formula is C29H32Cl2N2O3. The molecule has 36 heavy (non-hydrogen) atoms. The number of benzene rings is 3.